The minimum Gasteiger partial charge on any atom is -0.226 e. The van der Waals surface area contributed by atoms with Gasteiger partial charge in [0, 0.05) is 16.0 Å². The quantitative estimate of drug-likeness (QED) is 0.530. The van der Waals surface area contributed by atoms with Crippen LogP contribution < -0.4 is 0 Å². The van der Waals surface area contributed by atoms with Crippen LogP contribution >= 0.6 is 34.8 Å². The van der Waals surface area contributed by atoms with Crippen molar-refractivity contribution < 1.29 is 4.39 Å². The van der Waals surface area contributed by atoms with Crippen molar-refractivity contribution in [2.45, 2.75) is 6.92 Å². The van der Waals surface area contributed by atoms with Crippen LogP contribution in [0.15, 0.2) is 30.3 Å². The van der Waals surface area contributed by atoms with Gasteiger partial charge in [-0.2, -0.15) is 0 Å². The topological polar surface area (TPSA) is 25.8 Å². The molecule has 0 saturated carbocycles. The fourth-order valence-corrected chi connectivity index (χ4v) is 2.84. The van der Waals surface area contributed by atoms with E-state index in [0.717, 1.165) is 5.56 Å². The van der Waals surface area contributed by atoms with Gasteiger partial charge in [-0.05, 0) is 36.8 Å². The summed E-state index contributed by atoms with van der Waals surface area (Å²) in [6.07, 6.45) is 0. The molecule has 3 aromatic rings. The molecule has 0 bridgehead atoms. The second-order valence-corrected chi connectivity index (χ2v) is 5.78. The maximum absolute atomic E-state index is 13.4. The normalized spacial score (nSPS) is 11.1. The number of halogens is 4. The van der Waals surface area contributed by atoms with E-state index in [9.17, 15) is 4.39 Å². The second-order valence-electron chi connectivity index (χ2n) is 4.58. The zero-order valence-electron chi connectivity index (χ0n) is 10.8. The van der Waals surface area contributed by atoms with Gasteiger partial charge in [0.25, 0.3) is 0 Å². The Hall–Kier alpha value is -1.42. The van der Waals surface area contributed by atoms with Crippen LogP contribution in [-0.2, 0) is 0 Å². The molecular weight excluding hydrogens is 334 g/mol. The number of hydrogen-bond donors (Lipinski definition) is 0. The fourth-order valence-electron chi connectivity index (χ4n) is 2.08. The van der Waals surface area contributed by atoms with Gasteiger partial charge in [-0.25, -0.2) is 14.4 Å². The molecule has 1 heterocycles. The highest BCUT2D eigenvalue weighted by atomic mass is 35.5. The summed E-state index contributed by atoms with van der Waals surface area (Å²) in [4.78, 5) is 8.62. The van der Waals surface area contributed by atoms with Gasteiger partial charge in [0.2, 0.25) is 0 Å². The predicted octanol–water partition coefficient (Wildman–Crippen LogP) is 5.70. The third kappa shape index (κ3) is 2.69. The molecule has 0 amide bonds. The van der Waals surface area contributed by atoms with Crippen LogP contribution in [0, 0.1) is 12.7 Å². The van der Waals surface area contributed by atoms with Crippen molar-refractivity contribution in [1.82, 2.24) is 9.97 Å². The Balaban J connectivity index is 2.33. The molecule has 0 aliphatic rings. The molecule has 1 aromatic heterocycles. The fraction of sp³-hybridized carbons (Fsp3) is 0.0667. The average molecular weight is 342 g/mol. The first-order valence-electron chi connectivity index (χ1n) is 6.04. The Labute approximate surface area is 135 Å². The van der Waals surface area contributed by atoms with Crippen LogP contribution in [0.2, 0.25) is 15.2 Å². The van der Waals surface area contributed by atoms with Gasteiger partial charge in [-0.15, -0.1) is 0 Å². The molecule has 6 heteroatoms. The monoisotopic (exact) mass is 340 g/mol. The van der Waals surface area contributed by atoms with Crippen molar-refractivity contribution in [2.24, 2.45) is 0 Å². The number of fused-ring (bicyclic) bond motifs is 1. The van der Waals surface area contributed by atoms with Gasteiger partial charge in [0.1, 0.15) is 11.0 Å². The SMILES string of the molecule is Cc1ccc(F)cc1-c1nc(Cl)c2cc(Cl)cc(Cl)c2n1. The molecule has 0 saturated heterocycles. The van der Waals surface area contributed by atoms with Gasteiger partial charge in [-0.1, -0.05) is 40.9 Å². The van der Waals surface area contributed by atoms with E-state index in [4.69, 9.17) is 34.8 Å². The minimum atomic E-state index is -0.363. The summed E-state index contributed by atoms with van der Waals surface area (Å²) in [5.74, 6) is -0.0358. The van der Waals surface area contributed by atoms with Gasteiger partial charge >= 0.3 is 0 Å². The van der Waals surface area contributed by atoms with Gasteiger partial charge in [0.05, 0.1) is 10.5 Å². The Bertz CT molecular complexity index is 865. The molecule has 0 aliphatic heterocycles. The van der Waals surface area contributed by atoms with Crippen LogP contribution in [0.1, 0.15) is 5.56 Å². The van der Waals surface area contributed by atoms with E-state index >= 15 is 0 Å². The number of aryl methyl sites for hydroxylation is 1. The number of benzene rings is 2. The van der Waals surface area contributed by atoms with E-state index in [1.807, 2.05) is 6.92 Å². The summed E-state index contributed by atoms with van der Waals surface area (Å²) in [7, 11) is 0. The third-order valence-electron chi connectivity index (χ3n) is 3.11. The molecule has 0 radical (unpaired) electrons. The zero-order chi connectivity index (χ0) is 15.1. The highest BCUT2D eigenvalue weighted by Crippen LogP contribution is 2.33. The van der Waals surface area contributed by atoms with Crippen LogP contribution in [0.25, 0.3) is 22.3 Å². The molecular formula is C15H8Cl3FN2. The lowest BCUT2D eigenvalue weighted by Crippen LogP contribution is -1.95. The molecule has 106 valence electrons. The van der Waals surface area contributed by atoms with Crippen LogP contribution in [0.3, 0.4) is 0 Å². The van der Waals surface area contributed by atoms with E-state index in [1.54, 1.807) is 18.2 Å². The maximum atomic E-state index is 13.4. The Kier molecular flexibility index (Phi) is 3.74. The maximum Gasteiger partial charge on any atom is 0.161 e. The molecule has 0 fully saturated rings. The number of aromatic nitrogens is 2. The summed E-state index contributed by atoms with van der Waals surface area (Å²) in [5.41, 5.74) is 1.90. The summed E-state index contributed by atoms with van der Waals surface area (Å²) < 4.78 is 13.4. The van der Waals surface area contributed by atoms with Crippen LogP contribution in [0.5, 0.6) is 0 Å². The first-order valence-corrected chi connectivity index (χ1v) is 7.18. The second kappa shape index (κ2) is 5.41. The first kappa shape index (κ1) is 14.5. The van der Waals surface area contributed by atoms with Gasteiger partial charge in [0.15, 0.2) is 5.82 Å². The minimum absolute atomic E-state index is 0.225. The van der Waals surface area contributed by atoms with Gasteiger partial charge < -0.3 is 0 Å². The molecule has 0 atom stereocenters. The number of rotatable bonds is 1. The van der Waals surface area contributed by atoms with E-state index in [0.29, 0.717) is 32.3 Å². The molecule has 3 rings (SSSR count). The predicted molar refractivity (Wildman–Crippen MR) is 84.7 cm³/mol. The van der Waals surface area contributed by atoms with Crippen molar-refractivity contribution in [1.29, 1.82) is 0 Å². The summed E-state index contributed by atoms with van der Waals surface area (Å²) in [6.45, 7) is 1.85. The summed E-state index contributed by atoms with van der Waals surface area (Å²) in [6, 6.07) is 7.64. The molecule has 2 nitrogen and oxygen atoms in total. The van der Waals surface area contributed by atoms with Crippen molar-refractivity contribution in [3.05, 3.63) is 56.9 Å². The molecule has 21 heavy (non-hydrogen) atoms. The van der Waals surface area contributed by atoms with Crippen LogP contribution in [-0.4, -0.2) is 9.97 Å². The zero-order valence-corrected chi connectivity index (χ0v) is 13.1. The van der Waals surface area contributed by atoms with E-state index in [1.165, 1.54) is 12.1 Å². The van der Waals surface area contributed by atoms with E-state index in [2.05, 4.69) is 9.97 Å². The molecule has 2 aromatic carbocycles. The lowest BCUT2D eigenvalue weighted by molar-refractivity contribution is 0.628. The summed E-state index contributed by atoms with van der Waals surface area (Å²) in [5, 5.41) is 1.61. The Morgan fingerprint density at radius 1 is 1.00 bits per heavy atom. The average Bonchev–Trinajstić information content (AvgIpc) is 2.42. The van der Waals surface area contributed by atoms with Crippen LogP contribution in [0.4, 0.5) is 4.39 Å². The Morgan fingerprint density at radius 3 is 2.52 bits per heavy atom. The lowest BCUT2D eigenvalue weighted by Gasteiger charge is -2.08. The smallest absolute Gasteiger partial charge is 0.161 e. The largest absolute Gasteiger partial charge is 0.226 e. The van der Waals surface area contributed by atoms with E-state index < -0.39 is 0 Å². The summed E-state index contributed by atoms with van der Waals surface area (Å²) >= 11 is 18.3. The first-order chi connectivity index (χ1) is 9.95. The molecule has 0 aliphatic carbocycles. The molecule has 0 N–H and O–H groups in total. The van der Waals surface area contributed by atoms with Crippen molar-refractivity contribution >= 4 is 45.7 Å². The van der Waals surface area contributed by atoms with Crippen molar-refractivity contribution in [2.75, 3.05) is 0 Å². The van der Waals surface area contributed by atoms with E-state index in [-0.39, 0.29) is 11.0 Å². The number of hydrogen-bond acceptors (Lipinski definition) is 2. The highest BCUT2D eigenvalue weighted by Gasteiger charge is 2.13. The lowest BCUT2D eigenvalue weighted by atomic mass is 10.1. The molecule has 0 spiro atoms. The molecule has 0 unspecified atom stereocenters. The standard InChI is InChI=1S/C15H8Cl3FN2/c1-7-2-3-9(19)6-10(7)15-20-13-11(14(18)21-15)4-8(16)5-12(13)17/h2-6H,1H3. The third-order valence-corrected chi connectivity index (χ3v) is 3.91. The van der Waals surface area contributed by atoms with Crippen molar-refractivity contribution in [3.8, 4) is 11.4 Å². The highest BCUT2D eigenvalue weighted by molar-refractivity contribution is 6.41. The van der Waals surface area contributed by atoms with Gasteiger partial charge in [-0.3, -0.25) is 0 Å². The Morgan fingerprint density at radius 2 is 1.76 bits per heavy atom. The van der Waals surface area contributed by atoms with Crippen molar-refractivity contribution in [3.63, 3.8) is 0 Å². The number of nitrogens with zero attached hydrogens (tertiary/aromatic N) is 2.